The molecule has 1 aliphatic rings. The van der Waals surface area contributed by atoms with Crippen molar-refractivity contribution in [1.29, 1.82) is 5.26 Å². The number of nitriles is 1. The molecule has 3 aromatic carbocycles. The van der Waals surface area contributed by atoms with E-state index in [-0.39, 0.29) is 12.6 Å². The van der Waals surface area contributed by atoms with E-state index in [1.807, 2.05) is 78.9 Å². The van der Waals surface area contributed by atoms with Crippen molar-refractivity contribution in [3.05, 3.63) is 84.4 Å². The van der Waals surface area contributed by atoms with E-state index >= 15 is 0 Å². The lowest BCUT2D eigenvalue weighted by Crippen LogP contribution is -2.00. The van der Waals surface area contributed by atoms with Crippen LogP contribution >= 0.6 is 0 Å². The summed E-state index contributed by atoms with van der Waals surface area (Å²) >= 11 is 0. The van der Waals surface area contributed by atoms with Crippen LogP contribution in [0.1, 0.15) is 5.56 Å². The highest BCUT2D eigenvalue weighted by Crippen LogP contribution is 2.38. The van der Waals surface area contributed by atoms with Gasteiger partial charge in [0.25, 0.3) is 0 Å². The van der Waals surface area contributed by atoms with Crippen molar-refractivity contribution >= 4 is 5.82 Å². The highest BCUT2D eigenvalue weighted by molar-refractivity contribution is 5.81. The first kappa shape index (κ1) is 18.5. The van der Waals surface area contributed by atoms with Gasteiger partial charge in [0.15, 0.2) is 11.5 Å². The summed E-state index contributed by atoms with van der Waals surface area (Å²) in [4.78, 5) is 4.45. The van der Waals surface area contributed by atoms with E-state index in [9.17, 15) is 5.26 Å². The van der Waals surface area contributed by atoms with Crippen molar-refractivity contribution in [2.45, 2.75) is 0 Å². The minimum Gasteiger partial charge on any atom is -0.457 e. The summed E-state index contributed by atoms with van der Waals surface area (Å²) < 4.78 is 16.7. The number of pyridine rings is 1. The number of rotatable bonds is 4. The molecule has 0 aliphatic carbocycles. The maximum atomic E-state index is 9.65. The average molecular weight is 407 g/mol. The number of hydrogen-bond acceptors (Lipinski definition) is 6. The monoisotopic (exact) mass is 407 g/mol. The quantitative estimate of drug-likeness (QED) is 0.488. The Hall–Kier alpha value is -4.50. The first-order chi connectivity index (χ1) is 15.2. The third kappa shape index (κ3) is 3.61. The van der Waals surface area contributed by atoms with Crippen molar-refractivity contribution in [3.8, 4) is 51.5 Å². The summed E-state index contributed by atoms with van der Waals surface area (Å²) in [5.41, 5.74) is 9.48. The molecule has 0 bridgehead atoms. The average Bonchev–Trinajstić information content (AvgIpc) is 3.28. The van der Waals surface area contributed by atoms with Crippen LogP contribution in [0.2, 0.25) is 0 Å². The summed E-state index contributed by atoms with van der Waals surface area (Å²) in [6.07, 6.45) is 0. The molecule has 1 aromatic heterocycles. The van der Waals surface area contributed by atoms with Crippen LogP contribution in [0.5, 0.6) is 23.0 Å². The van der Waals surface area contributed by atoms with Crippen LogP contribution in [0.4, 0.5) is 5.82 Å². The summed E-state index contributed by atoms with van der Waals surface area (Å²) in [7, 11) is 0. The lowest BCUT2D eigenvalue weighted by molar-refractivity contribution is 0.174. The summed E-state index contributed by atoms with van der Waals surface area (Å²) in [6, 6.07) is 26.7. The van der Waals surface area contributed by atoms with Crippen LogP contribution in [-0.4, -0.2) is 11.8 Å². The van der Waals surface area contributed by atoms with Gasteiger partial charge in [0.05, 0.1) is 5.69 Å². The zero-order chi connectivity index (χ0) is 21.2. The second kappa shape index (κ2) is 7.73. The molecule has 6 nitrogen and oxygen atoms in total. The van der Waals surface area contributed by atoms with Gasteiger partial charge < -0.3 is 19.9 Å². The summed E-state index contributed by atoms with van der Waals surface area (Å²) in [5, 5.41) is 9.65. The molecule has 0 saturated heterocycles. The normalized spacial score (nSPS) is 11.7. The molecular formula is C25H17N3O3. The molecule has 150 valence electrons. The molecule has 0 saturated carbocycles. The largest absolute Gasteiger partial charge is 0.457 e. The first-order valence-corrected chi connectivity index (χ1v) is 9.65. The molecule has 6 heteroatoms. The van der Waals surface area contributed by atoms with Crippen molar-refractivity contribution in [3.63, 3.8) is 0 Å². The van der Waals surface area contributed by atoms with Gasteiger partial charge in [-0.05, 0) is 60.2 Å². The number of fused-ring (bicyclic) bond motifs is 1. The Bertz CT molecular complexity index is 1300. The fourth-order valence-electron chi connectivity index (χ4n) is 3.44. The van der Waals surface area contributed by atoms with E-state index < -0.39 is 0 Å². The molecule has 5 rings (SSSR count). The molecular weight excluding hydrogens is 390 g/mol. The Labute approximate surface area is 179 Å². The zero-order valence-electron chi connectivity index (χ0n) is 16.4. The highest BCUT2D eigenvalue weighted by Gasteiger charge is 2.18. The molecule has 2 heterocycles. The van der Waals surface area contributed by atoms with Crippen LogP contribution in [0.25, 0.3) is 22.4 Å². The predicted molar refractivity (Wildman–Crippen MR) is 117 cm³/mol. The van der Waals surface area contributed by atoms with E-state index in [0.29, 0.717) is 34.1 Å². The molecule has 0 atom stereocenters. The molecule has 0 spiro atoms. The summed E-state index contributed by atoms with van der Waals surface area (Å²) in [5.74, 6) is 2.98. The number of aromatic nitrogens is 1. The van der Waals surface area contributed by atoms with Crippen molar-refractivity contribution < 1.29 is 14.2 Å². The van der Waals surface area contributed by atoms with Gasteiger partial charge in [0.2, 0.25) is 6.79 Å². The maximum absolute atomic E-state index is 9.65. The fraction of sp³-hybridized carbons (Fsp3) is 0.0400. The van der Waals surface area contributed by atoms with Gasteiger partial charge in [0.1, 0.15) is 28.9 Å². The Kier molecular flexibility index (Phi) is 4.62. The molecule has 31 heavy (non-hydrogen) atoms. The van der Waals surface area contributed by atoms with Crippen LogP contribution in [0.3, 0.4) is 0 Å². The van der Waals surface area contributed by atoms with Crippen LogP contribution in [-0.2, 0) is 0 Å². The standard InChI is InChI=1S/C25H17N3O3/c26-14-21-20(17-8-11-23-24(12-17)30-15-29-23)13-22(28-25(21)27)16-6-9-19(10-7-16)31-18-4-2-1-3-5-18/h1-13H,15H2,(H2,27,28). The van der Waals surface area contributed by atoms with Crippen LogP contribution < -0.4 is 19.9 Å². The molecule has 0 radical (unpaired) electrons. The van der Waals surface area contributed by atoms with Gasteiger partial charge in [-0.15, -0.1) is 0 Å². The van der Waals surface area contributed by atoms with Gasteiger partial charge in [-0.25, -0.2) is 4.98 Å². The fourth-order valence-corrected chi connectivity index (χ4v) is 3.44. The molecule has 1 aliphatic heterocycles. The van der Waals surface area contributed by atoms with Crippen LogP contribution in [0, 0.1) is 11.3 Å². The third-order valence-corrected chi connectivity index (χ3v) is 4.97. The molecule has 0 unspecified atom stereocenters. The van der Waals surface area contributed by atoms with Crippen molar-refractivity contribution in [1.82, 2.24) is 4.98 Å². The molecule has 4 aromatic rings. The SMILES string of the molecule is N#Cc1c(-c2ccc3c(c2)OCO3)cc(-c2ccc(Oc3ccccc3)cc2)nc1N. The first-order valence-electron chi connectivity index (χ1n) is 9.65. The molecule has 0 amide bonds. The zero-order valence-corrected chi connectivity index (χ0v) is 16.4. The smallest absolute Gasteiger partial charge is 0.231 e. The second-order valence-electron chi connectivity index (χ2n) is 6.93. The molecule has 0 fully saturated rings. The summed E-state index contributed by atoms with van der Waals surface area (Å²) in [6.45, 7) is 0.186. The Balaban J connectivity index is 1.51. The Morgan fingerprint density at radius 3 is 2.32 bits per heavy atom. The lowest BCUT2D eigenvalue weighted by Gasteiger charge is -2.11. The number of anilines is 1. The molecule has 2 N–H and O–H groups in total. The van der Waals surface area contributed by atoms with Gasteiger partial charge in [-0.1, -0.05) is 24.3 Å². The number of benzene rings is 3. The van der Waals surface area contributed by atoms with E-state index in [0.717, 1.165) is 16.9 Å². The van der Waals surface area contributed by atoms with Crippen LogP contribution in [0.15, 0.2) is 78.9 Å². The maximum Gasteiger partial charge on any atom is 0.231 e. The third-order valence-electron chi connectivity index (χ3n) is 4.97. The van der Waals surface area contributed by atoms with Gasteiger partial charge in [0, 0.05) is 11.1 Å². The highest BCUT2D eigenvalue weighted by atomic mass is 16.7. The van der Waals surface area contributed by atoms with Gasteiger partial charge >= 0.3 is 0 Å². The van der Waals surface area contributed by atoms with E-state index in [4.69, 9.17) is 19.9 Å². The lowest BCUT2D eigenvalue weighted by atomic mass is 9.98. The van der Waals surface area contributed by atoms with E-state index in [1.165, 1.54) is 0 Å². The second-order valence-corrected chi connectivity index (χ2v) is 6.93. The van der Waals surface area contributed by atoms with Crippen molar-refractivity contribution in [2.24, 2.45) is 0 Å². The number of nitrogens with zero attached hydrogens (tertiary/aromatic N) is 2. The predicted octanol–water partition coefficient (Wildman–Crippen LogP) is 5.39. The minimum atomic E-state index is 0.178. The van der Waals surface area contributed by atoms with Gasteiger partial charge in [-0.3, -0.25) is 0 Å². The Morgan fingerprint density at radius 2 is 1.55 bits per heavy atom. The minimum absolute atomic E-state index is 0.178. The van der Waals surface area contributed by atoms with Crippen molar-refractivity contribution in [2.75, 3.05) is 12.5 Å². The Morgan fingerprint density at radius 1 is 0.839 bits per heavy atom. The number of nitrogens with two attached hydrogens (primary N) is 1. The topological polar surface area (TPSA) is 90.4 Å². The van der Waals surface area contributed by atoms with Gasteiger partial charge in [-0.2, -0.15) is 5.26 Å². The number of ether oxygens (including phenoxy) is 3. The van der Waals surface area contributed by atoms with E-state index in [2.05, 4.69) is 11.1 Å². The van der Waals surface area contributed by atoms with E-state index in [1.54, 1.807) is 0 Å². The number of para-hydroxylation sites is 1. The number of nitrogen functional groups attached to an aromatic ring is 1. The number of hydrogen-bond donors (Lipinski definition) is 1.